The minimum Gasteiger partial charge on any atom is -0.338 e. The zero-order chi connectivity index (χ0) is 13.4. The number of aromatic amines is 1. The molecule has 1 fully saturated rings. The van der Waals surface area contributed by atoms with Gasteiger partial charge in [0.2, 0.25) is 5.95 Å². The Morgan fingerprint density at radius 1 is 1.37 bits per heavy atom. The van der Waals surface area contributed by atoms with E-state index in [1.807, 2.05) is 12.1 Å². The molecule has 2 heterocycles. The van der Waals surface area contributed by atoms with Crippen LogP contribution in [0, 0.1) is 0 Å². The van der Waals surface area contributed by atoms with E-state index in [9.17, 15) is 0 Å². The van der Waals surface area contributed by atoms with Gasteiger partial charge in [-0.05, 0) is 18.6 Å². The molecule has 1 saturated heterocycles. The third-order valence-electron chi connectivity index (χ3n) is 3.19. The lowest BCUT2D eigenvalue weighted by Crippen LogP contribution is -2.26. The summed E-state index contributed by atoms with van der Waals surface area (Å²) in [5.41, 5.74) is 6.63. The Hall–Kier alpha value is -1.30. The number of nitrogens with two attached hydrogens (primary N) is 1. The smallest absolute Gasteiger partial charge is 0.245 e. The van der Waals surface area contributed by atoms with Crippen LogP contribution in [-0.2, 0) is 0 Å². The molecule has 3 rings (SSSR count). The average Bonchev–Trinajstić information content (AvgIpc) is 3.01. The van der Waals surface area contributed by atoms with Crippen LogP contribution in [0.15, 0.2) is 18.2 Å². The molecular formula is C12H13Cl2N5. The number of hydrogen-bond acceptors (Lipinski definition) is 4. The van der Waals surface area contributed by atoms with Gasteiger partial charge in [-0.3, -0.25) is 5.10 Å². The highest BCUT2D eigenvalue weighted by Crippen LogP contribution is 2.32. The van der Waals surface area contributed by atoms with Gasteiger partial charge < -0.3 is 10.6 Å². The Labute approximate surface area is 120 Å². The minimum atomic E-state index is 0.191. The van der Waals surface area contributed by atoms with Crippen molar-refractivity contribution >= 4 is 29.2 Å². The van der Waals surface area contributed by atoms with Crippen molar-refractivity contribution in [2.75, 3.05) is 18.0 Å². The zero-order valence-electron chi connectivity index (χ0n) is 10.1. The van der Waals surface area contributed by atoms with Crippen LogP contribution in [0.1, 0.15) is 6.42 Å². The van der Waals surface area contributed by atoms with E-state index in [2.05, 4.69) is 20.1 Å². The first-order valence-electron chi connectivity index (χ1n) is 6.02. The number of rotatable bonds is 2. The Bertz CT molecular complexity index is 598. The summed E-state index contributed by atoms with van der Waals surface area (Å²) in [7, 11) is 0. The van der Waals surface area contributed by atoms with E-state index in [1.54, 1.807) is 6.07 Å². The van der Waals surface area contributed by atoms with Gasteiger partial charge in [0.1, 0.15) is 0 Å². The van der Waals surface area contributed by atoms with E-state index in [-0.39, 0.29) is 6.04 Å². The van der Waals surface area contributed by atoms with Gasteiger partial charge >= 0.3 is 0 Å². The third kappa shape index (κ3) is 2.41. The summed E-state index contributed by atoms with van der Waals surface area (Å²) < 4.78 is 0. The van der Waals surface area contributed by atoms with Gasteiger partial charge in [0.05, 0.1) is 10.0 Å². The van der Waals surface area contributed by atoms with Crippen LogP contribution in [0.4, 0.5) is 5.95 Å². The van der Waals surface area contributed by atoms with Crippen molar-refractivity contribution in [2.24, 2.45) is 5.73 Å². The highest BCUT2D eigenvalue weighted by Gasteiger charge is 2.23. The lowest BCUT2D eigenvalue weighted by atomic mass is 10.2. The minimum absolute atomic E-state index is 0.191. The largest absolute Gasteiger partial charge is 0.338 e. The van der Waals surface area contributed by atoms with Crippen molar-refractivity contribution in [3.05, 3.63) is 28.2 Å². The van der Waals surface area contributed by atoms with Crippen molar-refractivity contribution in [1.29, 1.82) is 0 Å². The lowest BCUT2D eigenvalue weighted by Gasteiger charge is -2.11. The van der Waals surface area contributed by atoms with Crippen LogP contribution < -0.4 is 10.6 Å². The Balaban J connectivity index is 1.91. The number of H-pyrrole nitrogens is 1. The van der Waals surface area contributed by atoms with Gasteiger partial charge in [0.25, 0.3) is 0 Å². The van der Waals surface area contributed by atoms with E-state index in [4.69, 9.17) is 28.9 Å². The van der Waals surface area contributed by atoms with Gasteiger partial charge in [-0.2, -0.15) is 4.98 Å². The number of benzene rings is 1. The zero-order valence-corrected chi connectivity index (χ0v) is 11.6. The maximum Gasteiger partial charge on any atom is 0.245 e. The molecule has 2 aromatic rings. The number of nitrogens with zero attached hydrogens (tertiary/aromatic N) is 3. The van der Waals surface area contributed by atoms with Crippen LogP contribution in [0.3, 0.4) is 0 Å². The van der Waals surface area contributed by atoms with Crippen molar-refractivity contribution < 1.29 is 0 Å². The molecule has 7 heteroatoms. The first kappa shape index (κ1) is 12.7. The molecule has 0 spiro atoms. The third-order valence-corrected chi connectivity index (χ3v) is 4.01. The van der Waals surface area contributed by atoms with Crippen LogP contribution in [0.2, 0.25) is 10.0 Å². The van der Waals surface area contributed by atoms with Crippen LogP contribution >= 0.6 is 23.2 Å². The van der Waals surface area contributed by atoms with Gasteiger partial charge in [-0.1, -0.05) is 29.3 Å². The SMILES string of the molecule is NC1CCN(c2n[nH]c(-c3cccc(Cl)c3Cl)n2)C1. The average molecular weight is 298 g/mol. The van der Waals surface area contributed by atoms with E-state index >= 15 is 0 Å². The van der Waals surface area contributed by atoms with Crippen molar-refractivity contribution in [2.45, 2.75) is 12.5 Å². The maximum absolute atomic E-state index is 6.17. The summed E-state index contributed by atoms with van der Waals surface area (Å²) in [6.07, 6.45) is 0.960. The molecule has 0 radical (unpaired) electrons. The van der Waals surface area contributed by atoms with Crippen molar-refractivity contribution in [3.63, 3.8) is 0 Å². The standard InChI is InChI=1S/C12H13Cl2N5/c13-9-3-1-2-8(10(9)14)11-16-12(18-17-11)19-5-4-7(15)6-19/h1-3,7H,4-6,15H2,(H,16,17,18). The summed E-state index contributed by atoms with van der Waals surface area (Å²) in [5.74, 6) is 1.27. The molecule has 0 bridgehead atoms. The molecule has 19 heavy (non-hydrogen) atoms. The van der Waals surface area contributed by atoms with E-state index in [0.29, 0.717) is 21.8 Å². The lowest BCUT2D eigenvalue weighted by molar-refractivity contribution is 0.750. The first-order chi connectivity index (χ1) is 9.15. The molecule has 1 aromatic heterocycles. The summed E-state index contributed by atoms with van der Waals surface area (Å²) in [5, 5.41) is 8.08. The number of anilines is 1. The van der Waals surface area contributed by atoms with Crippen molar-refractivity contribution in [1.82, 2.24) is 15.2 Å². The van der Waals surface area contributed by atoms with Crippen LogP contribution in [0.5, 0.6) is 0 Å². The molecule has 1 aliphatic rings. The van der Waals surface area contributed by atoms with Crippen LogP contribution in [-0.4, -0.2) is 34.3 Å². The molecule has 1 aromatic carbocycles. The second-order valence-corrected chi connectivity index (χ2v) is 5.37. The predicted octanol–water partition coefficient (Wildman–Crippen LogP) is 2.32. The maximum atomic E-state index is 6.17. The fourth-order valence-electron chi connectivity index (χ4n) is 2.17. The highest BCUT2D eigenvalue weighted by molar-refractivity contribution is 6.43. The fraction of sp³-hybridized carbons (Fsp3) is 0.333. The summed E-state index contributed by atoms with van der Waals surface area (Å²) in [6, 6.07) is 5.62. The second-order valence-electron chi connectivity index (χ2n) is 4.58. The van der Waals surface area contributed by atoms with Crippen LogP contribution in [0.25, 0.3) is 11.4 Å². The summed E-state index contributed by atoms with van der Waals surface area (Å²) in [6.45, 7) is 1.66. The summed E-state index contributed by atoms with van der Waals surface area (Å²) >= 11 is 12.2. The molecule has 1 aliphatic heterocycles. The second kappa shape index (κ2) is 5.00. The number of nitrogens with one attached hydrogen (secondary N) is 1. The molecule has 0 aliphatic carbocycles. The van der Waals surface area contributed by atoms with Crippen molar-refractivity contribution in [3.8, 4) is 11.4 Å². The molecule has 0 amide bonds. The summed E-state index contributed by atoms with van der Waals surface area (Å²) in [4.78, 5) is 6.52. The topological polar surface area (TPSA) is 70.8 Å². The van der Waals surface area contributed by atoms with E-state index in [1.165, 1.54) is 0 Å². The monoisotopic (exact) mass is 297 g/mol. The Morgan fingerprint density at radius 2 is 2.21 bits per heavy atom. The predicted molar refractivity (Wildman–Crippen MR) is 76.6 cm³/mol. The molecule has 1 atom stereocenters. The first-order valence-corrected chi connectivity index (χ1v) is 6.78. The highest BCUT2D eigenvalue weighted by atomic mass is 35.5. The number of halogens is 2. The number of aromatic nitrogens is 3. The molecule has 3 N–H and O–H groups in total. The quantitative estimate of drug-likeness (QED) is 0.892. The molecule has 1 unspecified atom stereocenters. The van der Waals surface area contributed by atoms with Gasteiger partial charge in [-0.15, -0.1) is 5.10 Å². The number of hydrogen-bond donors (Lipinski definition) is 2. The van der Waals surface area contributed by atoms with Gasteiger partial charge in [0, 0.05) is 24.7 Å². The Morgan fingerprint density at radius 3 is 2.95 bits per heavy atom. The fourth-order valence-corrected chi connectivity index (χ4v) is 2.56. The molecule has 5 nitrogen and oxygen atoms in total. The van der Waals surface area contributed by atoms with Gasteiger partial charge in [0.15, 0.2) is 5.82 Å². The molecular weight excluding hydrogens is 285 g/mol. The normalized spacial score (nSPS) is 19.1. The Kier molecular flexibility index (Phi) is 3.35. The van der Waals surface area contributed by atoms with E-state index in [0.717, 1.165) is 25.1 Å². The molecule has 0 saturated carbocycles. The van der Waals surface area contributed by atoms with E-state index < -0.39 is 0 Å². The van der Waals surface area contributed by atoms with Gasteiger partial charge in [-0.25, -0.2) is 0 Å². The molecule has 100 valence electrons.